The van der Waals surface area contributed by atoms with Crippen molar-refractivity contribution in [1.82, 2.24) is 4.98 Å². The molecule has 1 N–H and O–H groups in total. The minimum atomic E-state index is -0.609. The van der Waals surface area contributed by atoms with Crippen LogP contribution >= 0.6 is 34.7 Å². The quantitative estimate of drug-likeness (QED) is 0.209. The number of rotatable bonds is 7. The van der Waals surface area contributed by atoms with Crippen molar-refractivity contribution in [3.05, 3.63) is 123 Å². The zero-order chi connectivity index (χ0) is 26.5. The molecule has 2 amide bonds. The third kappa shape index (κ3) is 5.65. The topological polar surface area (TPSA) is 86.1 Å². The zero-order valence-corrected chi connectivity index (χ0v) is 22.4. The summed E-state index contributed by atoms with van der Waals surface area (Å²) in [5, 5.41) is 13.7. The number of hydrogen-bond acceptors (Lipinski definition) is 6. The molecule has 1 saturated heterocycles. The minimum Gasteiger partial charge on any atom is -0.297 e. The van der Waals surface area contributed by atoms with Crippen molar-refractivity contribution >= 4 is 57.3 Å². The van der Waals surface area contributed by atoms with E-state index < -0.39 is 11.2 Å². The maximum Gasteiger partial charge on any atom is 0.270 e. The molecule has 0 radical (unpaired) electrons. The van der Waals surface area contributed by atoms with Gasteiger partial charge in [0.05, 0.1) is 5.25 Å². The number of benzene rings is 3. The van der Waals surface area contributed by atoms with Crippen LogP contribution in [0.1, 0.15) is 16.0 Å². The molecule has 38 heavy (non-hydrogen) atoms. The summed E-state index contributed by atoms with van der Waals surface area (Å²) >= 11 is 8.83. The van der Waals surface area contributed by atoms with E-state index in [-0.39, 0.29) is 11.5 Å². The van der Waals surface area contributed by atoms with E-state index in [4.69, 9.17) is 11.6 Å². The lowest BCUT2D eigenvalue weighted by Crippen LogP contribution is -2.30. The molecule has 4 aromatic rings. The van der Waals surface area contributed by atoms with Crippen molar-refractivity contribution in [2.75, 3.05) is 10.2 Å². The van der Waals surface area contributed by atoms with Gasteiger partial charge in [0.1, 0.15) is 16.7 Å². The van der Waals surface area contributed by atoms with Crippen LogP contribution < -0.4 is 10.2 Å². The highest BCUT2D eigenvalue weighted by Gasteiger charge is 2.40. The highest BCUT2D eigenvalue weighted by atomic mass is 35.5. The maximum absolute atomic E-state index is 13.5. The number of halogens is 1. The minimum absolute atomic E-state index is 0.134. The lowest BCUT2D eigenvalue weighted by Gasteiger charge is -2.18. The zero-order valence-electron chi connectivity index (χ0n) is 20.0. The van der Waals surface area contributed by atoms with Crippen LogP contribution in [0.2, 0.25) is 5.02 Å². The number of thioether (sulfide) groups is 1. The van der Waals surface area contributed by atoms with E-state index in [1.54, 1.807) is 18.3 Å². The van der Waals surface area contributed by atoms with Gasteiger partial charge in [-0.3, -0.25) is 19.8 Å². The number of nitrogens with one attached hydrogen (secondary N) is 1. The fourth-order valence-corrected chi connectivity index (χ4v) is 6.40. The molecule has 3 aromatic carbocycles. The summed E-state index contributed by atoms with van der Waals surface area (Å²) in [6, 6.07) is 28.3. The van der Waals surface area contributed by atoms with Crippen LogP contribution in [0.4, 0.5) is 10.8 Å². The first-order valence-electron chi connectivity index (χ1n) is 11.8. The average molecular weight is 557 g/mol. The molecule has 6 nitrogen and oxygen atoms in total. The summed E-state index contributed by atoms with van der Waals surface area (Å²) in [4.78, 5) is 33.5. The second-order valence-corrected chi connectivity index (χ2v) is 11.2. The maximum atomic E-state index is 13.5. The number of hydrogen-bond donors (Lipinski definition) is 1. The standard InChI is InChI=1S/C29H21ClN4O2S2/c30-24-14-8-7-11-20(24)16-22-18-32-29(37-22)33-26(35)23(17-31)28-34(21-12-5-2-6-13-21)27(36)25(38-28)15-19-9-3-1-4-10-19/h1-14,18,25H,15-16H2,(H,32,33,35)/b28-23-/t25-/m1/s1. The third-order valence-corrected chi connectivity index (χ3v) is 8.42. The molecule has 1 aliphatic rings. The molecule has 1 aromatic heterocycles. The largest absolute Gasteiger partial charge is 0.297 e. The second kappa shape index (κ2) is 11.7. The van der Waals surface area contributed by atoms with Gasteiger partial charge >= 0.3 is 0 Å². The number of aromatic nitrogens is 1. The van der Waals surface area contributed by atoms with E-state index in [1.807, 2.05) is 78.9 Å². The van der Waals surface area contributed by atoms with Crippen molar-refractivity contribution in [2.24, 2.45) is 0 Å². The Morgan fingerprint density at radius 3 is 2.42 bits per heavy atom. The Hall–Kier alpha value is -3.90. The molecule has 188 valence electrons. The van der Waals surface area contributed by atoms with Crippen LogP contribution in [-0.2, 0) is 22.4 Å². The molecule has 0 saturated carbocycles. The summed E-state index contributed by atoms with van der Waals surface area (Å²) in [6.07, 6.45) is 2.74. The Balaban J connectivity index is 1.41. The van der Waals surface area contributed by atoms with Gasteiger partial charge in [-0.05, 0) is 35.7 Å². The number of nitriles is 1. The number of para-hydroxylation sites is 1. The van der Waals surface area contributed by atoms with Gasteiger partial charge in [0, 0.05) is 28.2 Å². The lowest BCUT2D eigenvalue weighted by molar-refractivity contribution is -0.117. The van der Waals surface area contributed by atoms with Gasteiger partial charge in [0.15, 0.2) is 5.13 Å². The Morgan fingerprint density at radius 2 is 1.71 bits per heavy atom. The van der Waals surface area contributed by atoms with Gasteiger partial charge in [-0.2, -0.15) is 5.26 Å². The predicted molar refractivity (Wildman–Crippen MR) is 153 cm³/mol. The molecule has 1 fully saturated rings. The molecule has 1 atom stereocenters. The summed E-state index contributed by atoms with van der Waals surface area (Å²) in [5.41, 5.74) is 2.43. The summed E-state index contributed by atoms with van der Waals surface area (Å²) < 4.78 is 0. The van der Waals surface area contributed by atoms with Gasteiger partial charge in [0.25, 0.3) is 5.91 Å². The number of carbonyl (C=O) groups is 2. The van der Waals surface area contributed by atoms with Crippen molar-refractivity contribution in [3.8, 4) is 6.07 Å². The number of carbonyl (C=O) groups excluding carboxylic acids is 2. The summed E-state index contributed by atoms with van der Waals surface area (Å²) in [6.45, 7) is 0. The molecule has 1 aliphatic heterocycles. The van der Waals surface area contributed by atoms with Crippen molar-refractivity contribution in [1.29, 1.82) is 5.26 Å². The fraction of sp³-hybridized carbons (Fsp3) is 0.103. The normalized spacial score (nSPS) is 16.3. The van der Waals surface area contributed by atoms with Crippen LogP contribution in [0.5, 0.6) is 0 Å². The van der Waals surface area contributed by atoms with Crippen LogP contribution in [0.15, 0.2) is 102 Å². The van der Waals surface area contributed by atoms with Gasteiger partial charge in [0.2, 0.25) is 5.91 Å². The predicted octanol–water partition coefficient (Wildman–Crippen LogP) is 6.45. The molecular formula is C29H21ClN4O2S2. The van der Waals surface area contributed by atoms with Crippen LogP contribution in [0.3, 0.4) is 0 Å². The van der Waals surface area contributed by atoms with Crippen molar-refractivity contribution in [2.45, 2.75) is 18.1 Å². The Morgan fingerprint density at radius 1 is 1.03 bits per heavy atom. The smallest absolute Gasteiger partial charge is 0.270 e. The molecule has 0 unspecified atom stereocenters. The Labute approximate surface area is 233 Å². The van der Waals surface area contributed by atoms with E-state index in [1.165, 1.54) is 28.0 Å². The van der Waals surface area contributed by atoms with E-state index in [9.17, 15) is 14.9 Å². The number of anilines is 2. The highest BCUT2D eigenvalue weighted by molar-refractivity contribution is 8.05. The summed E-state index contributed by atoms with van der Waals surface area (Å²) in [5.74, 6) is -0.778. The highest BCUT2D eigenvalue weighted by Crippen LogP contribution is 2.42. The van der Waals surface area contributed by atoms with Crippen molar-refractivity contribution < 1.29 is 9.59 Å². The number of nitrogens with zero attached hydrogens (tertiary/aromatic N) is 3. The van der Waals surface area contributed by atoms with Crippen LogP contribution in [0, 0.1) is 11.3 Å². The molecule has 9 heteroatoms. The molecular weight excluding hydrogens is 536 g/mol. The van der Waals surface area contributed by atoms with E-state index >= 15 is 0 Å². The average Bonchev–Trinajstić information content (AvgIpc) is 3.50. The first-order valence-corrected chi connectivity index (χ1v) is 13.8. The molecule has 0 bridgehead atoms. The van der Waals surface area contributed by atoms with Crippen molar-refractivity contribution in [3.63, 3.8) is 0 Å². The van der Waals surface area contributed by atoms with Gasteiger partial charge in [-0.15, -0.1) is 11.3 Å². The first-order chi connectivity index (χ1) is 18.5. The monoisotopic (exact) mass is 556 g/mol. The first kappa shape index (κ1) is 25.7. The lowest BCUT2D eigenvalue weighted by atomic mass is 10.1. The fourth-order valence-electron chi connectivity index (χ4n) is 4.06. The van der Waals surface area contributed by atoms with E-state index in [2.05, 4.69) is 10.3 Å². The van der Waals surface area contributed by atoms with E-state index in [0.717, 1.165) is 16.0 Å². The molecule has 2 heterocycles. The Kier molecular flexibility index (Phi) is 7.89. The van der Waals surface area contributed by atoms with Gasteiger partial charge in [-0.1, -0.05) is 90.1 Å². The Bertz CT molecular complexity index is 1550. The van der Waals surface area contributed by atoms with Gasteiger partial charge < -0.3 is 0 Å². The molecule has 0 aliphatic carbocycles. The van der Waals surface area contributed by atoms with Crippen LogP contribution in [-0.4, -0.2) is 22.0 Å². The molecule has 5 rings (SSSR count). The van der Waals surface area contributed by atoms with Crippen LogP contribution in [0.25, 0.3) is 0 Å². The summed E-state index contributed by atoms with van der Waals surface area (Å²) in [7, 11) is 0. The third-order valence-electron chi connectivity index (χ3n) is 5.88. The SMILES string of the molecule is N#C/C(C(=O)Nc1ncc(Cc2ccccc2Cl)s1)=C1/S[C@H](Cc2ccccc2)C(=O)N1c1ccccc1. The van der Waals surface area contributed by atoms with E-state index in [0.29, 0.717) is 33.7 Å². The van der Waals surface area contributed by atoms with Gasteiger partial charge in [-0.25, -0.2) is 4.98 Å². The second-order valence-electron chi connectivity index (χ2n) is 8.45. The number of thiazole rings is 1. The molecule has 0 spiro atoms. The number of amides is 2.